The number of nitro groups is 1. The molecule has 3 fully saturated rings. The highest BCUT2D eigenvalue weighted by molar-refractivity contribution is 6.09. The van der Waals surface area contributed by atoms with Gasteiger partial charge in [0.05, 0.1) is 16.7 Å². The molecule has 3 saturated heterocycles. The Kier molecular flexibility index (Phi) is 5.16. The minimum atomic E-state index is -5.17. The van der Waals surface area contributed by atoms with Gasteiger partial charge in [-0.05, 0) is 30.6 Å². The van der Waals surface area contributed by atoms with E-state index in [1.165, 1.54) is 35.2 Å². The number of anilines is 1. The SMILES string of the molecule is O=C(O)C1=C(/C=C2\CCN(c3cccc([N+](=O)[O-])c3)C2=O)C[C@@H]2CN(C(=O)C(F)(F)F)[C@@H]3C(=O)N1[C@H]23. The van der Waals surface area contributed by atoms with Gasteiger partial charge in [-0.15, -0.1) is 0 Å². The normalized spacial score (nSPS) is 26.5. The van der Waals surface area contributed by atoms with Crippen LogP contribution in [0.15, 0.2) is 47.2 Å². The van der Waals surface area contributed by atoms with E-state index in [9.17, 15) is 47.6 Å². The van der Waals surface area contributed by atoms with Crippen LogP contribution < -0.4 is 4.90 Å². The zero-order chi connectivity index (χ0) is 26.1. The number of carbonyl (C=O) groups is 4. The highest BCUT2D eigenvalue weighted by Crippen LogP contribution is 2.48. The quantitative estimate of drug-likeness (QED) is 0.283. The summed E-state index contributed by atoms with van der Waals surface area (Å²) in [4.78, 5) is 62.7. The average molecular weight is 506 g/mol. The van der Waals surface area contributed by atoms with Crippen LogP contribution in [0.5, 0.6) is 0 Å². The molecule has 4 heterocycles. The molecule has 3 amide bonds. The number of non-ortho nitro benzene ring substituents is 1. The maximum atomic E-state index is 13.0. The summed E-state index contributed by atoms with van der Waals surface area (Å²) in [6.45, 7) is -0.199. The summed E-state index contributed by atoms with van der Waals surface area (Å²) in [5.74, 6) is -5.68. The Bertz CT molecular complexity index is 1300. The largest absolute Gasteiger partial charge is 0.477 e. The van der Waals surface area contributed by atoms with Gasteiger partial charge in [0.1, 0.15) is 11.7 Å². The zero-order valence-corrected chi connectivity index (χ0v) is 18.3. The molecule has 1 N–H and O–H groups in total. The summed E-state index contributed by atoms with van der Waals surface area (Å²) >= 11 is 0. The summed E-state index contributed by atoms with van der Waals surface area (Å²) in [7, 11) is 0. The molecular weight excluding hydrogens is 489 g/mol. The summed E-state index contributed by atoms with van der Waals surface area (Å²) in [5.41, 5.74) is -0.0583. The number of β-lactam (4-membered cyclic amide) rings is 1. The number of hydrogen-bond donors (Lipinski definition) is 1. The first-order valence-electron chi connectivity index (χ1n) is 10.8. The van der Waals surface area contributed by atoms with Gasteiger partial charge in [-0.25, -0.2) is 4.79 Å². The number of likely N-dealkylation sites (tertiary alicyclic amines) is 1. The summed E-state index contributed by atoms with van der Waals surface area (Å²) in [6, 6.07) is 3.20. The van der Waals surface area contributed by atoms with Gasteiger partial charge in [0.2, 0.25) is 0 Å². The summed E-state index contributed by atoms with van der Waals surface area (Å²) in [6.07, 6.45) is -3.70. The van der Waals surface area contributed by atoms with Gasteiger partial charge in [0.15, 0.2) is 0 Å². The van der Waals surface area contributed by atoms with Crippen molar-refractivity contribution in [3.63, 3.8) is 0 Å². The van der Waals surface area contributed by atoms with E-state index in [2.05, 4.69) is 0 Å². The van der Waals surface area contributed by atoms with Crippen LogP contribution in [-0.4, -0.2) is 74.9 Å². The fraction of sp³-hybridized carbons (Fsp3) is 0.364. The number of carbonyl (C=O) groups excluding carboxylic acids is 3. The van der Waals surface area contributed by atoms with Gasteiger partial charge in [0, 0.05) is 36.7 Å². The number of benzene rings is 1. The molecule has 0 spiro atoms. The standard InChI is InChI=1S/C22H17F3N4O7/c23-22(24,25)21(34)27-9-12-7-11(16(20(32)33)28-15(12)17(27)19(28)31)6-10-4-5-26(18(10)30)13-2-1-3-14(8-13)29(35)36/h1-3,6,8,12,15,17H,4-5,7,9H2,(H,32,33)/b10-6+/t12-,15-,17+/m1/s1. The Balaban J connectivity index is 1.45. The van der Waals surface area contributed by atoms with E-state index in [0.29, 0.717) is 4.90 Å². The second kappa shape index (κ2) is 7.90. The molecule has 0 radical (unpaired) electrons. The van der Waals surface area contributed by atoms with Gasteiger partial charge >= 0.3 is 18.1 Å². The molecule has 36 heavy (non-hydrogen) atoms. The minimum absolute atomic E-state index is 0.0399. The molecule has 11 nitrogen and oxygen atoms in total. The Morgan fingerprint density at radius 3 is 2.58 bits per heavy atom. The Morgan fingerprint density at radius 2 is 1.94 bits per heavy atom. The van der Waals surface area contributed by atoms with Crippen molar-refractivity contribution in [2.24, 2.45) is 5.92 Å². The van der Waals surface area contributed by atoms with E-state index < -0.39 is 58.5 Å². The first-order chi connectivity index (χ1) is 16.9. The fourth-order valence-electron chi connectivity index (χ4n) is 5.45. The predicted octanol–water partition coefficient (Wildman–Crippen LogP) is 1.60. The van der Waals surface area contributed by atoms with Crippen molar-refractivity contribution in [2.75, 3.05) is 18.0 Å². The Labute approximate surface area is 200 Å². The second-order valence-corrected chi connectivity index (χ2v) is 8.90. The lowest BCUT2D eigenvalue weighted by Crippen LogP contribution is -2.70. The van der Waals surface area contributed by atoms with Crippen LogP contribution in [0.4, 0.5) is 24.5 Å². The molecule has 1 aromatic carbocycles. The number of amides is 3. The van der Waals surface area contributed by atoms with Gasteiger partial charge in [-0.2, -0.15) is 13.2 Å². The van der Waals surface area contributed by atoms with Crippen molar-refractivity contribution >= 4 is 35.1 Å². The lowest BCUT2D eigenvalue weighted by molar-refractivity contribution is -0.384. The number of hydrogen-bond acceptors (Lipinski definition) is 6. The number of carboxylic acids is 1. The van der Waals surface area contributed by atoms with Crippen molar-refractivity contribution in [1.82, 2.24) is 9.80 Å². The number of alkyl halides is 3. The lowest BCUT2D eigenvalue weighted by atomic mass is 9.79. The predicted molar refractivity (Wildman–Crippen MR) is 113 cm³/mol. The van der Waals surface area contributed by atoms with Crippen molar-refractivity contribution in [3.8, 4) is 0 Å². The highest BCUT2D eigenvalue weighted by atomic mass is 19.4. The number of halogens is 3. The van der Waals surface area contributed by atoms with Crippen molar-refractivity contribution in [3.05, 3.63) is 57.3 Å². The van der Waals surface area contributed by atoms with Crippen LogP contribution in [-0.2, 0) is 19.2 Å². The number of carboxylic acid groups (broad SMARTS) is 1. The van der Waals surface area contributed by atoms with Crippen LogP contribution in [0.3, 0.4) is 0 Å². The molecule has 3 atom stereocenters. The maximum Gasteiger partial charge on any atom is 0.471 e. The third-order valence-electron chi connectivity index (χ3n) is 6.92. The van der Waals surface area contributed by atoms with Gasteiger partial charge < -0.3 is 14.9 Å². The first kappa shape index (κ1) is 23.5. The number of allylic oxidation sites excluding steroid dienone is 2. The van der Waals surface area contributed by atoms with Crippen LogP contribution >= 0.6 is 0 Å². The first-order valence-corrected chi connectivity index (χ1v) is 10.8. The number of aliphatic carboxylic acids is 1. The van der Waals surface area contributed by atoms with E-state index in [0.717, 1.165) is 4.90 Å². The molecule has 4 aliphatic rings. The molecule has 1 aromatic rings. The van der Waals surface area contributed by atoms with Crippen LogP contribution in [0.25, 0.3) is 0 Å². The van der Waals surface area contributed by atoms with Gasteiger partial charge in [0.25, 0.3) is 17.5 Å². The van der Waals surface area contributed by atoms with Gasteiger partial charge in [-0.3, -0.25) is 29.4 Å². The van der Waals surface area contributed by atoms with Crippen LogP contribution in [0.1, 0.15) is 12.8 Å². The fourth-order valence-corrected chi connectivity index (χ4v) is 5.45. The third kappa shape index (κ3) is 3.43. The van der Waals surface area contributed by atoms with E-state index in [-0.39, 0.29) is 48.5 Å². The van der Waals surface area contributed by atoms with E-state index in [1.807, 2.05) is 0 Å². The van der Waals surface area contributed by atoms with Crippen LogP contribution in [0.2, 0.25) is 0 Å². The molecule has 14 heteroatoms. The number of nitrogens with zero attached hydrogens (tertiary/aromatic N) is 4. The molecule has 188 valence electrons. The number of nitro benzene ring substituents is 1. The second-order valence-electron chi connectivity index (χ2n) is 8.90. The molecule has 5 rings (SSSR count). The Morgan fingerprint density at radius 1 is 1.22 bits per heavy atom. The summed E-state index contributed by atoms with van der Waals surface area (Å²) in [5, 5.41) is 20.9. The van der Waals surface area contributed by atoms with Crippen molar-refractivity contribution in [1.29, 1.82) is 0 Å². The van der Waals surface area contributed by atoms with Crippen LogP contribution in [0, 0.1) is 16.0 Å². The minimum Gasteiger partial charge on any atom is -0.477 e. The molecule has 4 aliphatic heterocycles. The lowest BCUT2D eigenvalue weighted by Gasteiger charge is -2.49. The van der Waals surface area contributed by atoms with Crippen molar-refractivity contribution in [2.45, 2.75) is 31.1 Å². The molecular formula is C22H17F3N4O7. The molecule has 0 unspecified atom stereocenters. The average Bonchev–Trinajstić information content (AvgIpc) is 3.35. The molecule has 0 bridgehead atoms. The topological polar surface area (TPSA) is 141 Å². The molecule has 0 saturated carbocycles. The zero-order valence-electron chi connectivity index (χ0n) is 18.3. The smallest absolute Gasteiger partial charge is 0.471 e. The monoisotopic (exact) mass is 506 g/mol. The van der Waals surface area contributed by atoms with E-state index in [1.54, 1.807) is 0 Å². The maximum absolute atomic E-state index is 13.0. The van der Waals surface area contributed by atoms with E-state index in [4.69, 9.17) is 0 Å². The number of rotatable bonds is 4. The molecule has 0 aromatic heterocycles. The summed E-state index contributed by atoms with van der Waals surface area (Å²) < 4.78 is 39.1. The highest BCUT2D eigenvalue weighted by Gasteiger charge is 2.66. The molecule has 0 aliphatic carbocycles. The van der Waals surface area contributed by atoms with Gasteiger partial charge in [-0.1, -0.05) is 6.07 Å². The van der Waals surface area contributed by atoms with E-state index >= 15 is 0 Å². The van der Waals surface area contributed by atoms with Crippen molar-refractivity contribution < 1.29 is 42.4 Å². The third-order valence-corrected chi connectivity index (χ3v) is 6.92. The Hall–Kier alpha value is -4.23.